The Hall–Kier alpha value is -0.630. The molecule has 1 fully saturated rings. The highest BCUT2D eigenvalue weighted by atomic mass is 31.2. The molecule has 0 N–H and O–H groups in total. The molecule has 1 aliphatic rings. The Morgan fingerprint density at radius 1 is 1.16 bits per heavy atom. The van der Waals surface area contributed by atoms with Crippen LogP contribution in [0, 0.1) is 0 Å². The molecule has 0 spiro atoms. The molecule has 106 valence electrons. The number of rotatable bonds is 6. The molecule has 1 aromatic rings. The number of hydrogen-bond acceptors (Lipinski definition) is 2. The smallest absolute Gasteiger partial charge is 0.302 e. The van der Waals surface area contributed by atoms with E-state index in [1.54, 1.807) is 0 Å². The largest absolute Gasteiger partial charge is 0.314 e. The van der Waals surface area contributed by atoms with E-state index in [1.165, 1.54) is 6.42 Å². The lowest BCUT2D eigenvalue weighted by atomic mass is 10.2. The van der Waals surface area contributed by atoms with Crippen molar-refractivity contribution in [1.82, 2.24) is 4.67 Å². The average molecular weight is 281 g/mol. The summed E-state index contributed by atoms with van der Waals surface area (Å²) in [6.07, 6.45) is 5.50. The normalized spacial score (nSPS) is 20.1. The average Bonchev–Trinajstić information content (AvgIpc) is 2.49. The highest BCUT2D eigenvalue weighted by molar-refractivity contribution is 7.64. The van der Waals surface area contributed by atoms with Crippen LogP contribution in [0.3, 0.4) is 0 Å². The fourth-order valence-corrected chi connectivity index (χ4v) is 4.78. The van der Waals surface area contributed by atoms with Crippen LogP contribution in [0.2, 0.25) is 0 Å². The van der Waals surface area contributed by atoms with Crippen LogP contribution in [0.5, 0.6) is 0 Å². The van der Waals surface area contributed by atoms with Crippen LogP contribution in [0.1, 0.15) is 39.0 Å². The van der Waals surface area contributed by atoms with Crippen molar-refractivity contribution in [3.8, 4) is 0 Å². The topological polar surface area (TPSA) is 29.5 Å². The Bertz CT molecular complexity index is 415. The minimum atomic E-state index is -2.84. The van der Waals surface area contributed by atoms with Gasteiger partial charge in [0.15, 0.2) is 0 Å². The van der Waals surface area contributed by atoms with E-state index in [-0.39, 0.29) is 0 Å². The SMILES string of the molecule is CCCCO[P@](=O)(c1ccccc1)N1CCCCC1. The molecule has 19 heavy (non-hydrogen) atoms. The zero-order chi connectivity index (χ0) is 13.6. The first-order valence-corrected chi connectivity index (χ1v) is 8.91. The van der Waals surface area contributed by atoms with Crippen LogP contribution in [-0.4, -0.2) is 24.4 Å². The van der Waals surface area contributed by atoms with Gasteiger partial charge in [0, 0.05) is 13.1 Å². The van der Waals surface area contributed by atoms with Gasteiger partial charge in [0.25, 0.3) is 0 Å². The first-order valence-electron chi connectivity index (χ1n) is 7.33. The van der Waals surface area contributed by atoms with Crippen molar-refractivity contribution < 1.29 is 9.09 Å². The summed E-state index contributed by atoms with van der Waals surface area (Å²) in [4.78, 5) is 0. The van der Waals surface area contributed by atoms with E-state index < -0.39 is 7.52 Å². The van der Waals surface area contributed by atoms with Crippen molar-refractivity contribution in [1.29, 1.82) is 0 Å². The third kappa shape index (κ3) is 3.68. The van der Waals surface area contributed by atoms with E-state index in [0.29, 0.717) is 6.61 Å². The van der Waals surface area contributed by atoms with Gasteiger partial charge < -0.3 is 4.52 Å². The molecule has 0 radical (unpaired) electrons. The van der Waals surface area contributed by atoms with E-state index in [2.05, 4.69) is 11.6 Å². The Labute approximate surface area is 116 Å². The molecule has 3 nitrogen and oxygen atoms in total. The molecule has 0 saturated carbocycles. The van der Waals surface area contributed by atoms with E-state index in [0.717, 1.165) is 44.1 Å². The van der Waals surface area contributed by atoms with Crippen molar-refractivity contribution in [2.75, 3.05) is 19.7 Å². The molecule has 1 saturated heterocycles. The quantitative estimate of drug-likeness (QED) is 0.586. The summed E-state index contributed by atoms with van der Waals surface area (Å²) in [6.45, 7) is 4.48. The summed E-state index contributed by atoms with van der Waals surface area (Å²) >= 11 is 0. The number of hydrogen-bond donors (Lipinski definition) is 0. The number of piperidine rings is 1. The van der Waals surface area contributed by atoms with E-state index >= 15 is 0 Å². The summed E-state index contributed by atoms with van der Waals surface area (Å²) in [5.41, 5.74) is 0. The fraction of sp³-hybridized carbons (Fsp3) is 0.600. The van der Waals surface area contributed by atoms with Gasteiger partial charge in [-0.2, -0.15) is 0 Å². The molecule has 1 atom stereocenters. The number of nitrogens with zero attached hydrogens (tertiary/aromatic N) is 1. The molecule has 0 bridgehead atoms. The Morgan fingerprint density at radius 2 is 1.84 bits per heavy atom. The van der Waals surface area contributed by atoms with Gasteiger partial charge in [-0.1, -0.05) is 38.0 Å². The predicted octanol–water partition coefficient (Wildman–Crippen LogP) is 3.81. The molecule has 0 aromatic heterocycles. The number of unbranched alkanes of at least 4 members (excludes halogenated alkanes) is 1. The summed E-state index contributed by atoms with van der Waals surface area (Å²) in [7, 11) is -2.84. The van der Waals surface area contributed by atoms with Crippen molar-refractivity contribution in [3.05, 3.63) is 30.3 Å². The lowest BCUT2D eigenvalue weighted by molar-refractivity contribution is 0.246. The predicted molar refractivity (Wildman–Crippen MR) is 80.0 cm³/mol. The van der Waals surface area contributed by atoms with Crippen LogP contribution < -0.4 is 5.30 Å². The molecule has 0 unspecified atom stereocenters. The summed E-state index contributed by atoms with van der Waals surface area (Å²) in [6, 6.07) is 9.70. The van der Waals surface area contributed by atoms with Crippen LogP contribution in [0.4, 0.5) is 0 Å². The molecule has 4 heteroatoms. The molecule has 2 rings (SSSR count). The molecular weight excluding hydrogens is 257 g/mol. The zero-order valence-electron chi connectivity index (χ0n) is 11.8. The first kappa shape index (κ1) is 14.8. The Balaban J connectivity index is 2.19. The van der Waals surface area contributed by atoms with Gasteiger partial charge in [0.2, 0.25) is 0 Å². The summed E-state index contributed by atoms with van der Waals surface area (Å²) < 4.78 is 21.3. The molecule has 1 heterocycles. The van der Waals surface area contributed by atoms with Crippen LogP contribution in [0.25, 0.3) is 0 Å². The van der Waals surface area contributed by atoms with E-state index in [9.17, 15) is 4.57 Å². The summed E-state index contributed by atoms with van der Waals surface area (Å²) in [5.74, 6) is 0. The fourth-order valence-electron chi connectivity index (χ4n) is 2.41. The maximum atomic E-state index is 13.3. The van der Waals surface area contributed by atoms with Crippen molar-refractivity contribution in [3.63, 3.8) is 0 Å². The molecule has 0 amide bonds. The number of benzene rings is 1. The van der Waals surface area contributed by atoms with Crippen molar-refractivity contribution >= 4 is 12.8 Å². The van der Waals surface area contributed by atoms with Gasteiger partial charge in [-0.25, -0.2) is 4.67 Å². The van der Waals surface area contributed by atoms with Crippen molar-refractivity contribution in [2.45, 2.75) is 39.0 Å². The third-order valence-electron chi connectivity index (χ3n) is 3.55. The molecular formula is C15H24NO2P. The van der Waals surface area contributed by atoms with Gasteiger partial charge in [-0.15, -0.1) is 0 Å². The van der Waals surface area contributed by atoms with Gasteiger partial charge in [0.1, 0.15) is 0 Å². The Kier molecular flexibility index (Phi) is 5.62. The van der Waals surface area contributed by atoms with Crippen LogP contribution in [-0.2, 0) is 9.09 Å². The second-order valence-electron chi connectivity index (χ2n) is 5.06. The third-order valence-corrected chi connectivity index (χ3v) is 6.18. The first-order chi connectivity index (χ1) is 9.27. The van der Waals surface area contributed by atoms with Gasteiger partial charge >= 0.3 is 7.52 Å². The van der Waals surface area contributed by atoms with E-state index in [1.807, 2.05) is 30.3 Å². The second kappa shape index (κ2) is 7.23. The minimum absolute atomic E-state index is 0.583. The van der Waals surface area contributed by atoms with Crippen molar-refractivity contribution in [2.24, 2.45) is 0 Å². The molecule has 1 aliphatic heterocycles. The van der Waals surface area contributed by atoms with Crippen LogP contribution >= 0.6 is 7.52 Å². The maximum Gasteiger partial charge on any atom is 0.302 e. The Morgan fingerprint density at radius 3 is 2.47 bits per heavy atom. The lowest BCUT2D eigenvalue weighted by Crippen LogP contribution is -2.32. The van der Waals surface area contributed by atoms with Gasteiger partial charge in [-0.05, 0) is 31.4 Å². The second-order valence-corrected chi connectivity index (χ2v) is 7.44. The van der Waals surface area contributed by atoms with Gasteiger partial charge in [-0.3, -0.25) is 4.57 Å². The highest BCUT2D eigenvalue weighted by Gasteiger charge is 2.34. The zero-order valence-corrected chi connectivity index (χ0v) is 12.6. The highest BCUT2D eigenvalue weighted by Crippen LogP contribution is 2.50. The van der Waals surface area contributed by atoms with Gasteiger partial charge in [0.05, 0.1) is 11.9 Å². The molecule has 0 aliphatic carbocycles. The van der Waals surface area contributed by atoms with E-state index in [4.69, 9.17) is 4.52 Å². The molecule has 1 aromatic carbocycles. The van der Waals surface area contributed by atoms with Crippen LogP contribution in [0.15, 0.2) is 30.3 Å². The lowest BCUT2D eigenvalue weighted by Gasteiger charge is -2.34. The monoisotopic (exact) mass is 281 g/mol. The standard InChI is InChI=1S/C15H24NO2P/c1-2-3-14-18-19(17,15-10-6-4-7-11-15)16-12-8-5-9-13-16/h4,6-7,10-11H,2-3,5,8-9,12-14H2,1H3/t19-/m1/s1. The maximum absolute atomic E-state index is 13.3. The minimum Gasteiger partial charge on any atom is -0.314 e. The summed E-state index contributed by atoms with van der Waals surface area (Å²) in [5, 5.41) is 0.841.